The normalized spacial score (nSPS) is 35.1. The summed E-state index contributed by atoms with van der Waals surface area (Å²) in [5.74, 6) is 1.77. The molecule has 1 saturated heterocycles. The molecule has 1 heterocycles. The second kappa shape index (κ2) is 3.97. The van der Waals surface area contributed by atoms with E-state index in [1.54, 1.807) is 5.56 Å². The van der Waals surface area contributed by atoms with Crippen LogP contribution in [0.3, 0.4) is 0 Å². The van der Waals surface area contributed by atoms with Crippen LogP contribution < -0.4 is 5.32 Å². The van der Waals surface area contributed by atoms with Crippen molar-refractivity contribution in [3.63, 3.8) is 0 Å². The SMILES string of the molecule is c1ccc(C2CCC3CC2CCN3)cc1. The molecular weight excluding hydrogens is 182 g/mol. The molecular formula is C14H19N. The first-order chi connectivity index (χ1) is 7.43. The summed E-state index contributed by atoms with van der Waals surface area (Å²) in [5, 5.41) is 3.62. The molecule has 3 unspecified atom stereocenters. The standard InChI is InChI=1S/C14H19N/c1-2-4-11(5-3-1)14-7-6-13-10-12(14)8-9-15-13/h1-5,12-15H,6-10H2. The lowest BCUT2D eigenvalue weighted by Gasteiger charge is -2.41. The van der Waals surface area contributed by atoms with Crippen LogP contribution >= 0.6 is 0 Å². The van der Waals surface area contributed by atoms with Crippen LogP contribution in [0.15, 0.2) is 30.3 Å². The third-order valence-corrected chi connectivity index (χ3v) is 4.16. The summed E-state index contributed by atoms with van der Waals surface area (Å²) in [5.41, 5.74) is 1.57. The van der Waals surface area contributed by atoms with E-state index in [0.717, 1.165) is 17.9 Å². The summed E-state index contributed by atoms with van der Waals surface area (Å²) in [6.07, 6.45) is 5.53. The number of hydrogen-bond donors (Lipinski definition) is 1. The van der Waals surface area contributed by atoms with Gasteiger partial charge in [0.2, 0.25) is 0 Å². The Bertz CT molecular complexity index is 319. The Morgan fingerprint density at radius 3 is 2.73 bits per heavy atom. The largest absolute Gasteiger partial charge is 0.314 e. The second-order valence-electron chi connectivity index (χ2n) is 5.03. The first-order valence-electron chi connectivity index (χ1n) is 6.22. The zero-order chi connectivity index (χ0) is 10.1. The van der Waals surface area contributed by atoms with Crippen LogP contribution in [0.4, 0.5) is 0 Å². The van der Waals surface area contributed by atoms with E-state index >= 15 is 0 Å². The molecule has 3 atom stereocenters. The summed E-state index contributed by atoms with van der Waals surface area (Å²) in [7, 11) is 0. The molecule has 2 bridgehead atoms. The van der Waals surface area contributed by atoms with Gasteiger partial charge in [0.25, 0.3) is 0 Å². The van der Waals surface area contributed by atoms with Crippen LogP contribution in [0.2, 0.25) is 0 Å². The monoisotopic (exact) mass is 201 g/mol. The predicted molar refractivity (Wildman–Crippen MR) is 62.9 cm³/mol. The Morgan fingerprint density at radius 2 is 1.87 bits per heavy atom. The van der Waals surface area contributed by atoms with Gasteiger partial charge < -0.3 is 5.32 Å². The number of nitrogens with one attached hydrogen (secondary N) is 1. The smallest absolute Gasteiger partial charge is 0.00701 e. The maximum atomic E-state index is 3.62. The number of hydrogen-bond acceptors (Lipinski definition) is 1. The second-order valence-corrected chi connectivity index (χ2v) is 5.03. The molecule has 0 spiro atoms. The van der Waals surface area contributed by atoms with Gasteiger partial charge in [-0.3, -0.25) is 0 Å². The summed E-state index contributed by atoms with van der Waals surface area (Å²) >= 11 is 0. The maximum absolute atomic E-state index is 3.62. The Kier molecular flexibility index (Phi) is 2.49. The number of benzene rings is 1. The van der Waals surface area contributed by atoms with Crippen LogP contribution in [0.1, 0.15) is 37.2 Å². The molecule has 2 aliphatic rings. The average Bonchev–Trinajstić information content (AvgIpc) is 2.31. The van der Waals surface area contributed by atoms with Gasteiger partial charge in [0.1, 0.15) is 0 Å². The highest BCUT2D eigenvalue weighted by Crippen LogP contribution is 2.41. The van der Waals surface area contributed by atoms with E-state index in [2.05, 4.69) is 35.6 Å². The Balaban J connectivity index is 1.81. The van der Waals surface area contributed by atoms with E-state index in [4.69, 9.17) is 0 Å². The van der Waals surface area contributed by atoms with Gasteiger partial charge in [-0.05, 0) is 49.6 Å². The molecule has 1 aliphatic heterocycles. The lowest BCUT2D eigenvalue weighted by atomic mass is 9.70. The van der Waals surface area contributed by atoms with Crippen LogP contribution in [-0.2, 0) is 0 Å². The van der Waals surface area contributed by atoms with Gasteiger partial charge in [-0.15, -0.1) is 0 Å². The van der Waals surface area contributed by atoms with E-state index in [9.17, 15) is 0 Å². The Hall–Kier alpha value is -0.820. The zero-order valence-corrected chi connectivity index (χ0v) is 9.15. The quantitative estimate of drug-likeness (QED) is 0.736. The fourth-order valence-electron chi connectivity index (χ4n) is 3.38. The topological polar surface area (TPSA) is 12.0 Å². The van der Waals surface area contributed by atoms with Crippen LogP contribution in [0.25, 0.3) is 0 Å². The lowest BCUT2D eigenvalue weighted by Crippen LogP contribution is -2.43. The average molecular weight is 201 g/mol. The highest BCUT2D eigenvalue weighted by molar-refractivity contribution is 5.21. The first-order valence-corrected chi connectivity index (χ1v) is 6.22. The van der Waals surface area contributed by atoms with Gasteiger partial charge in [-0.1, -0.05) is 30.3 Å². The lowest BCUT2D eigenvalue weighted by molar-refractivity contribution is 0.195. The van der Waals surface area contributed by atoms with Crippen molar-refractivity contribution in [3.05, 3.63) is 35.9 Å². The van der Waals surface area contributed by atoms with Crippen molar-refractivity contribution in [2.45, 2.75) is 37.6 Å². The maximum Gasteiger partial charge on any atom is 0.00701 e. The van der Waals surface area contributed by atoms with Crippen LogP contribution in [-0.4, -0.2) is 12.6 Å². The minimum absolute atomic E-state index is 0.823. The molecule has 1 aliphatic carbocycles. The van der Waals surface area contributed by atoms with Gasteiger partial charge in [0.05, 0.1) is 0 Å². The van der Waals surface area contributed by atoms with Gasteiger partial charge in [0.15, 0.2) is 0 Å². The number of rotatable bonds is 1. The molecule has 15 heavy (non-hydrogen) atoms. The van der Waals surface area contributed by atoms with Gasteiger partial charge in [-0.2, -0.15) is 0 Å². The molecule has 80 valence electrons. The number of fused-ring (bicyclic) bond motifs is 2. The molecule has 0 aromatic heterocycles. The summed E-state index contributed by atoms with van der Waals surface area (Å²) in [4.78, 5) is 0. The van der Waals surface area contributed by atoms with E-state index < -0.39 is 0 Å². The van der Waals surface area contributed by atoms with E-state index in [0.29, 0.717) is 0 Å². The summed E-state index contributed by atoms with van der Waals surface area (Å²) in [6.45, 7) is 1.23. The Morgan fingerprint density at radius 1 is 1.00 bits per heavy atom. The van der Waals surface area contributed by atoms with Crippen molar-refractivity contribution < 1.29 is 0 Å². The van der Waals surface area contributed by atoms with Crippen molar-refractivity contribution in [1.29, 1.82) is 0 Å². The third-order valence-electron chi connectivity index (χ3n) is 4.16. The minimum atomic E-state index is 0.823. The molecule has 3 rings (SSSR count). The van der Waals surface area contributed by atoms with Crippen LogP contribution in [0, 0.1) is 5.92 Å². The van der Waals surface area contributed by atoms with Crippen molar-refractivity contribution in [3.8, 4) is 0 Å². The van der Waals surface area contributed by atoms with Crippen molar-refractivity contribution in [2.75, 3.05) is 6.54 Å². The Labute approximate surface area is 91.9 Å². The fraction of sp³-hybridized carbons (Fsp3) is 0.571. The molecule has 1 heteroatoms. The third kappa shape index (κ3) is 1.81. The van der Waals surface area contributed by atoms with Crippen molar-refractivity contribution in [2.24, 2.45) is 5.92 Å². The van der Waals surface area contributed by atoms with E-state index in [1.807, 2.05) is 0 Å². The highest BCUT2D eigenvalue weighted by atomic mass is 14.9. The molecule has 0 amide bonds. The molecule has 1 saturated carbocycles. The number of piperidine rings is 1. The molecule has 2 fully saturated rings. The summed E-state index contributed by atoms with van der Waals surface area (Å²) < 4.78 is 0. The summed E-state index contributed by atoms with van der Waals surface area (Å²) in [6, 6.07) is 11.9. The zero-order valence-electron chi connectivity index (χ0n) is 9.15. The van der Waals surface area contributed by atoms with Gasteiger partial charge in [-0.25, -0.2) is 0 Å². The molecule has 0 radical (unpaired) electrons. The highest BCUT2D eigenvalue weighted by Gasteiger charge is 2.33. The van der Waals surface area contributed by atoms with Gasteiger partial charge >= 0.3 is 0 Å². The van der Waals surface area contributed by atoms with Crippen molar-refractivity contribution in [1.82, 2.24) is 5.32 Å². The molecule has 1 aromatic rings. The van der Waals surface area contributed by atoms with E-state index in [1.165, 1.54) is 32.2 Å². The van der Waals surface area contributed by atoms with Crippen LogP contribution in [0.5, 0.6) is 0 Å². The molecule has 1 aromatic carbocycles. The van der Waals surface area contributed by atoms with Gasteiger partial charge in [0, 0.05) is 6.04 Å². The van der Waals surface area contributed by atoms with E-state index in [-0.39, 0.29) is 0 Å². The minimum Gasteiger partial charge on any atom is -0.314 e. The fourth-order valence-corrected chi connectivity index (χ4v) is 3.38. The molecule has 1 N–H and O–H groups in total. The molecule has 1 nitrogen and oxygen atoms in total. The van der Waals surface area contributed by atoms with Crippen molar-refractivity contribution >= 4 is 0 Å². The first kappa shape index (κ1) is 9.41. The predicted octanol–water partition coefficient (Wildman–Crippen LogP) is 2.93.